The van der Waals surface area contributed by atoms with Crippen LogP contribution in [0, 0.1) is 6.92 Å². The van der Waals surface area contributed by atoms with Gasteiger partial charge in [-0.2, -0.15) is 5.10 Å². The molecule has 0 bridgehead atoms. The maximum absolute atomic E-state index is 4.52. The van der Waals surface area contributed by atoms with E-state index < -0.39 is 0 Å². The lowest BCUT2D eigenvalue weighted by Gasteiger charge is -2.05. The van der Waals surface area contributed by atoms with Crippen LogP contribution in [0.2, 0.25) is 0 Å². The molecule has 3 aromatic rings. The summed E-state index contributed by atoms with van der Waals surface area (Å²) < 4.78 is 0. The average Bonchev–Trinajstić information content (AvgIpc) is 2.81. The van der Waals surface area contributed by atoms with Crippen LogP contribution in [0.3, 0.4) is 0 Å². The van der Waals surface area contributed by atoms with E-state index in [9.17, 15) is 0 Å². The molecule has 0 saturated heterocycles. The highest BCUT2D eigenvalue weighted by molar-refractivity contribution is 5.94. The van der Waals surface area contributed by atoms with Crippen molar-refractivity contribution in [1.82, 2.24) is 15.2 Å². The van der Waals surface area contributed by atoms with Crippen molar-refractivity contribution in [3.8, 4) is 11.1 Å². The van der Waals surface area contributed by atoms with Gasteiger partial charge < -0.3 is 0 Å². The Kier molecular flexibility index (Phi) is 1.96. The summed E-state index contributed by atoms with van der Waals surface area (Å²) >= 11 is 0. The zero-order chi connectivity index (χ0) is 11.0. The predicted molar refractivity (Wildman–Crippen MR) is 64.1 cm³/mol. The SMILES string of the molecule is Cc1cc(-c2cn[nH]c2)c2ccccc2n1. The molecule has 2 heterocycles. The number of pyridine rings is 1. The predicted octanol–water partition coefficient (Wildman–Crippen LogP) is 2.93. The third-order valence-corrected chi connectivity index (χ3v) is 2.65. The van der Waals surface area contributed by atoms with Crippen LogP contribution in [0.15, 0.2) is 42.7 Å². The molecule has 1 aromatic carbocycles. The van der Waals surface area contributed by atoms with E-state index in [-0.39, 0.29) is 0 Å². The Morgan fingerprint density at radius 3 is 2.88 bits per heavy atom. The van der Waals surface area contributed by atoms with E-state index in [2.05, 4.69) is 27.3 Å². The molecule has 0 fully saturated rings. The first kappa shape index (κ1) is 9.09. The Balaban J connectivity index is 2.39. The highest BCUT2D eigenvalue weighted by Crippen LogP contribution is 2.27. The molecule has 78 valence electrons. The van der Waals surface area contributed by atoms with Crippen molar-refractivity contribution in [2.45, 2.75) is 6.92 Å². The maximum Gasteiger partial charge on any atom is 0.0711 e. The van der Waals surface area contributed by atoms with Crippen LogP contribution in [0.5, 0.6) is 0 Å². The van der Waals surface area contributed by atoms with E-state index in [4.69, 9.17) is 0 Å². The molecule has 3 heteroatoms. The largest absolute Gasteiger partial charge is 0.285 e. The van der Waals surface area contributed by atoms with Gasteiger partial charge in [-0.1, -0.05) is 18.2 Å². The van der Waals surface area contributed by atoms with Gasteiger partial charge in [0.05, 0.1) is 11.7 Å². The minimum atomic E-state index is 1.02. The van der Waals surface area contributed by atoms with Gasteiger partial charge in [0.15, 0.2) is 0 Å². The van der Waals surface area contributed by atoms with Crippen molar-refractivity contribution < 1.29 is 0 Å². The second kappa shape index (κ2) is 3.45. The summed E-state index contributed by atoms with van der Waals surface area (Å²) in [5, 5.41) is 7.99. The smallest absolute Gasteiger partial charge is 0.0711 e. The molecule has 3 rings (SSSR count). The molecule has 2 aromatic heterocycles. The first-order valence-electron chi connectivity index (χ1n) is 5.20. The standard InChI is InChI=1S/C13H11N3/c1-9-6-12(10-7-14-15-8-10)11-4-2-3-5-13(11)16-9/h2-8H,1H3,(H,14,15). The van der Waals surface area contributed by atoms with Crippen molar-refractivity contribution in [3.63, 3.8) is 0 Å². The van der Waals surface area contributed by atoms with Crippen molar-refractivity contribution in [1.29, 1.82) is 0 Å². The van der Waals surface area contributed by atoms with E-state index in [1.165, 1.54) is 5.56 Å². The number of rotatable bonds is 1. The Labute approximate surface area is 93.2 Å². The Hall–Kier alpha value is -2.16. The highest BCUT2D eigenvalue weighted by atomic mass is 15.1. The lowest BCUT2D eigenvalue weighted by atomic mass is 10.0. The number of H-pyrrole nitrogens is 1. The lowest BCUT2D eigenvalue weighted by molar-refractivity contribution is 1.09. The molecule has 0 aliphatic heterocycles. The maximum atomic E-state index is 4.52. The number of aryl methyl sites for hydroxylation is 1. The van der Waals surface area contributed by atoms with Gasteiger partial charge in [-0.3, -0.25) is 10.1 Å². The van der Waals surface area contributed by atoms with Gasteiger partial charge in [-0.05, 0) is 24.6 Å². The van der Waals surface area contributed by atoms with Gasteiger partial charge in [-0.15, -0.1) is 0 Å². The zero-order valence-electron chi connectivity index (χ0n) is 8.94. The molecule has 0 spiro atoms. The van der Waals surface area contributed by atoms with E-state index in [1.807, 2.05) is 37.5 Å². The molecule has 0 saturated carbocycles. The summed E-state index contributed by atoms with van der Waals surface area (Å²) in [6.45, 7) is 2.01. The van der Waals surface area contributed by atoms with Crippen molar-refractivity contribution >= 4 is 10.9 Å². The number of nitrogens with one attached hydrogen (secondary N) is 1. The van der Waals surface area contributed by atoms with Crippen LogP contribution in [-0.2, 0) is 0 Å². The summed E-state index contributed by atoms with van der Waals surface area (Å²) in [6, 6.07) is 10.3. The van der Waals surface area contributed by atoms with Gasteiger partial charge in [0.2, 0.25) is 0 Å². The van der Waals surface area contributed by atoms with Gasteiger partial charge in [0, 0.05) is 22.8 Å². The van der Waals surface area contributed by atoms with E-state index >= 15 is 0 Å². The van der Waals surface area contributed by atoms with E-state index in [1.54, 1.807) is 0 Å². The summed E-state index contributed by atoms with van der Waals surface area (Å²) in [5.41, 5.74) is 4.33. The normalized spacial score (nSPS) is 10.8. The number of para-hydroxylation sites is 1. The fourth-order valence-electron chi connectivity index (χ4n) is 1.94. The fraction of sp³-hybridized carbons (Fsp3) is 0.0769. The van der Waals surface area contributed by atoms with E-state index in [0.717, 1.165) is 22.2 Å². The molecule has 0 unspecified atom stereocenters. The van der Waals surface area contributed by atoms with Crippen LogP contribution in [0.1, 0.15) is 5.69 Å². The minimum Gasteiger partial charge on any atom is -0.285 e. The number of hydrogen-bond acceptors (Lipinski definition) is 2. The van der Waals surface area contributed by atoms with Crippen molar-refractivity contribution in [2.24, 2.45) is 0 Å². The van der Waals surface area contributed by atoms with Crippen LogP contribution < -0.4 is 0 Å². The Morgan fingerprint density at radius 1 is 1.19 bits per heavy atom. The number of nitrogens with zero attached hydrogens (tertiary/aromatic N) is 2. The molecule has 16 heavy (non-hydrogen) atoms. The fourth-order valence-corrected chi connectivity index (χ4v) is 1.94. The number of aromatic nitrogens is 3. The van der Waals surface area contributed by atoms with Crippen LogP contribution >= 0.6 is 0 Å². The third kappa shape index (κ3) is 1.37. The number of benzene rings is 1. The summed E-state index contributed by atoms with van der Waals surface area (Å²) in [6.07, 6.45) is 3.74. The second-order valence-corrected chi connectivity index (χ2v) is 3.82. The molecular weight excluding hydrogens is 198 g/mol. The summed E-state index contributed by atoms with van der Waals surface area (Å²) in [5.74, 6) is 0. The van der Waals surface area contributed by atoms with Gasteiger partial charge in [0.1, 0.15) is 0 Å². The summed E-state index contributed by atoms with van der Waals surface area (Å²) in [7, 11) is 0. The number of fused-ring (bicyclic) bond motifs is 1. The van der Waals surface area contributed by atoms with Crippen LogP contribution in [0.25, 0.3) is 22.0 Å². The Bertz CT molecular complexity index is 627. The third-order valence-electron chi connectivity index (χ3n) is 2.65. The van der Waals surface area contributed by atoms with Crippen molar-refractivity contribution in [3.05, 3.63) is 48.4 Å². The second-order valence-electron chi connectivity index (χ2n) is 3.82. The molecular formula is C13H11N3. The van der Waals surface area contributed by atoms with Crippen LogP contribution in [-0.4, -0.2) is 15.2 Å². The van der Waals surface area contributed by atoms with Crippen molar-refractivity contribution in [2.75, 3.05) is 0 Å². The minimum absolute atomic E-state index is 1.02. The first-order valence-corrected chi connectivity index (χ1v) is 5.20. The quantitative estimate of drug-likeness (QED) is 0.669. The molecule has 0 aliphatic carbocycles. The first-order chi connectivity index (χ1) is 7.84. The molecule has 0 aliphatic rings. The lowest BCUT2D eigenvalue weighted by Crippen LogP contribution is -1.87. The topological polar surface area (TPSA) is 41.6 Å². The van der Waals surface area contributed by atoms with Gasteiger partial charge >= 0.3 is 0 Å². The highest BCUT2D eigenvalue weighted by Gasteiger charge is 2.06. The Morgan fingerprint density at radius 2 is 2.06 bits per heavy atom. The van der Waals surface area contributed by atoms with Crippen LogP contribution in [0.4, 0.5) is 0 Å². The average molecular weight is 209 g/mol. The molecule has 0 radical (unpaired) electrons. The number of aromatic amines is 1. The zero-order valence-corrected chi connectivity index (χ0v) is 8.94. The summed E-state index contributed by atoms with van der Waals surface area (Å²) in [4.78, 5) is 4.52. The van der Waals surface area contributed by atoms with Gasteiger partial charge in [-0.25, -0.2) is 0 Å². The molecule has 1 N–H and O–H groups in total. The molecule has 3 nitrogen and oxygen atoms in total. The van der Waals surface area contributed by atoms with E-state index in [0.29, 0.717) is 0 Å². The monoisotopic (exact) mass is 209 g/mol. The molecule has 0 amide bonds. The number of hydrogen-bond donors (Lipinski definition) is 1. The molecule has 0 atom stereocenters. The van der Waals surface area contributed by atoms with Gasteiger partial charge in [0.25, 0.3) is 0 Å².